The minimum Gasteiger partial charge on any atom is -0.460 e. The highest BCUT2D eigenvalue weighted by molar-refractivity contribution is 6.30. The number of halogens is 1. The molecule has 0 aromatic heterocycles. The molecule has 1 heterocycles. The molecule has 0 radical (unpaired) electrons. The SMILES string of the molecule is CCO[C@@H]1Oc2ccc(C)cc2C(=O)/C1=C/Nc1ccc(Cl)cc1. The van der Waals surface area contributed by atoms with E-state index in [-0.39, 0.29) is 5.78 Å². The third-order valence-corrected chi connectivity index (χ3v) is 3.94. The summed E-state index contributed by atoms with van der Waals surface area (Å²) in [5.41, 5.74) is 2.82. The van der Waals surface area contributed by atoms with Gasteiger partial charge in [0.05, 0.1) is 11.1 Å². The fourth-order valence-electron chi connectivity index (χ4n) is 2.48. The van der Waals surface area contributed by atoms with Crippen LogP contribution in [0.25, 0.3) is 0 Å². The van der Waals surface area contributed by atoms with Gasteiger partial charge in [0.25, 0.3) is 0 Å². The first-order valence-corrected chi connectivity index (χ1v) is 8.12. The van der Waals surface area contributed by atoms with Crippen molar-refractivity contribution in [1.82, 2.24) is 0 Å². The van der Waals surface area contributed by atoms with Gasteiger partial charge in [0.2, 0.25) is 6.29 Å². The number of hydrogen-bond donors (Lipinski definition) is 1. The first-order chi connectivity index (χ1) is 11.6. The van der Waals surface area contributed by atoms with Crippen molar-refractivity contribution in [3.05, 3.63) is 70.4 Å². The number of nitrogens with one attached hydrogen (secondary N) is 1. The van der Waals surface area contributed by atoms with Gasteiger partial charge in [-0.1, -0.05) is 23.2 Å². The second-order valence-corrected chi connectivity index (χ2v) is 5.92. The molecule has 1 aliphatic rings. The lowest BCUT2D eigenvalue weighted by atomic mass is 9.98. The summed E-state index contributed by atoms with van der Waals surface area (Å²) < 4.78 is 11.4. The van der Waals surface area contributed by atoms with Crippen molar-refractivity contribution >= 4 is 23.1 Å². The Kier molecular flexibility index (Phi) is 4.88. The quantitative estimate of drug-likeness (QED) is 0.825. The van der Waals surface area contributed by atoms with Crippen LogP contribution in [-0.4, -0.2) is 18.7 Å². The predicted octanol–water partition coefficient (Wildman–Crippen LogP) is 4.58. The van der Waals surface area contributed by atoms with Crippen LogP contribution in [0.1, 0.15) is 22.8 Å². The monoisotopic (exact) mass is 343 g/mol. The van der Waals surface area contributed by atoms with Crippen molar-refractivity contribution in [2.24, 2.45) is 0 Å². The van der Waals surface area contributed by atoms with Gasteiger partial charge in [-0.2, -0.15) is 0 Å². The van der Waals surface area contributed by atoms with Gasteiger partial charge < -0.3 is 14.8 Å². The maximum atomic E-state index is 12.8. The van der Waals surface area contributed by atoms with E-state index in [1.165, 1.54) is 0 Å². The number of Topliss-reactive ketones (excluding diaryl/α,β-unsaturated/α-hetero) is 1. The molecule has 0 bridgehead atoms. The summed E-state index contributed by atoms with van der Waals surface area (Å²) in [6.07, 6.45) is 0.912. The lowest BCUT2D eigenvalue weighted by molar-refractivity contribution is -0.0509. The minimum absolute atomic E-state index is 0.0973. The standard InChI is InChI=1S/C19H18ClNO3/c1-3-23-19-16(11-21-14-7-5-13(20)6-8-14)18(22)15-10-12(2)4-9-17(15)24-19/h4-11,19,21H,3H2,1-2H3/b16-11-/t19-/m1/s1. The molecule has 1 aliphatic heterocycles. The lowest BCUT2D eigenvalue weighted by Gasteiger charge is -2.27. The average Bonchev–Trinajstić information content (AvgIpc) is 2.57. The van der Waals surface area contributed by atoms with Crippen LogP contribution in [0.2, 0.25) is 5.02 Å². The number of ketones is 1. The summed E-state index contributed by atoms with van der Waals surface area (Å²) in [6.45, 7) is 4.25. The zero-order chi connectivity index (χ0) is 17.1. The first kappa shape index (κ1) is 16.6. The highest BCUT2D eigenvalue weighted by Crippen LogP contribution is 2.32. The van der Waals surface area contributed by atoms with Gasteiger partial charge in [-0.3, -0.25) is 4.79 Å². The van der Waals surface area contributed by atoms with Gasteiger partial charge in [0.1, 0.15) is 5.75 Å². The van der Waals surface area contributed by atoms with Gasteiger partial charge in [-0.05, 0) is 50.2 Å². The van der Waals surface area contributed by atoms with Crippen LogP contribution in [0.5, 0.6) is 5.75 Å². The maximum Gasteiger partial charge on any atom is 0.232 e. The first-order valence-electron chi connectivity index (χ1n) is 7.74. The Hall–Kier alpha value is -2.30. The van der Waals surface area contributed by atoms with Crippen molar-refractivity contribution in [1.29, 1.82) is 0 Å². The summed E-state index contributed by atoms with van der Waals surface area (Å²) >= 11 is 5.88. The van der Waals surface area contributed by atoms with E-state index in [2.05, 4.69) is 5.32 Å². The molecule has 0 fully saturated rings. The van der Waals surface area contributed by atoms with E-state index in [0.29, 0.717) is 28.5 Å². The smallest absolute Gasteiger partial charge is 0.232 e. The molecule has 0 spiro atoms. The Morgan fingerprint density at radius 3 is 2.71 bits per heavy atom. The maximum absolute atomic E-state index is 12.8. The number of aryl methyl sites for hydroxylation is 1. The zero-order valence-corrected chi connectivity index (χ0v) is 14.3. The van der Waals surface area contributed by atoms with Crippen molar-refractivity contribution in [2.45, 2.75) is 20.1 Å². The van der Waals surface area contributed by atoms with Crippen LogP contribution in [0, 0.1) is 6.92 Å². The van der Waals surface area contributed by atoms with Crippen molar-refractivity contribution < 1.29 is 14.3 Å². The minimum atomic E-state index is -0.725. The van der Waals surface area contributed by atoms with E-state index < -0.39 is 6.29 Å². The number of anilines is 1. The van der Waals surface area contributed by atoms with Crippen molar-refractivity contribution in [3.63, 3.8) is 0 Å². The largest absolute Gasteiger partial charge is 0.460 e. The molecule has 4 nitrogen and oxygen atoms in total. The van der Waals surface area contributed by atoms with Crippen LogP contribution >= 0.6 is 11.6 Å². The van der Waals surface area contributed by atoms with Crippen LogP contribution in [-0.2, 0) is 4.74 Å². The number of rotatable bonds is 4. The summed E-state index contributed by atoms with van der Waals surface area (Å²) in [5, 5.41) is 3.76. The number of benzene rings is 2. The van der Waals surface area contributed by atoms with Crippen LogP contribution in [0.15, 0.2) is 54.2 Å². The second kappa shape index (κ2) is 7.07. The van der Waals surface area contributed by atoms with Crippen LogP contribution < -0.4 is 10.1 Å². The van der Waals surface area contributed by atoms with E-state index in [0.717, 1.165) is 11.3 Å². The Morgan fingerprint density at radius 2 is 2.00 bits per heavy atom. The fourth-order valence-corrected chi connectivity index (χ4v) is 2.61. The van der Waals surface area contributed by atoms with E-state index >= 15 is 0 Å². The number of carbonyl (C=O) groups is 1. The Morgan fingerprint density at radius 1 is 1.25 bits per heavy atom. The third-order valence-electron chi connectivity index (χ3n) is 3.69. The number of hydrogen-bond acceptors (Lipinski definition) is 4. The lowest BCUT2D eigenvalue weighted by Crippen LogP contribution is -2.33. The molecule has 5 heteroatoms. The fraction of sp³-hybridized carbons (Fsp3) is 0.211. The normalized spacial score (nSPS) is 18.2. The van der Waals surface area contributed by atoms with Crippen LogP contribution in [0.3, 0.4) is 0 Å². The van der Waals surface area contributed by atoms with Crippen LogP contribution in [0.4, 0.5) is 5.69 Å². The summed E-state index contributed by atoms with van der Waals surface area (Å²) in [6, 6.07) is 12.8. The summed E-state index contributed by atoms with van der Waals surface area (Å²) in [4.78, 5) is 12.8. The van der Waals surface area contributed by atoms with Crippen molar-refractivity contribution in [3.8, 4) is 5.75 Å². The molecule has 124 valence electrons. The van der Waals surface area contributed by atoms with Crippen molar-refractivity contribution in [2.75, 3.05) is 11.9 Å². The molecule has 2 aromatic rings. The molecule has 0 saturated carbocycles. The number of fused-ring (bicyclic) bond motifs is 1. The Labute approximate surface area is 146 Å². The topological polar surface area (TPSA) is 47.6 Å². The average molecular weight is 344 g/mol. The molecular formula is C19H18ClNO3. The van der Waals surface area contributed by atoms with Gasteiger partial charge in [-0.25, -0.2) is 0 Å². The zero-order valence-electron chi connectivity index (χ0n) is 13.5. The van der Waals surface area contributed by atoms with Gasteiger partial charge in [-0.15, -0.1) is 0 Å². The molecule has 0 amide bonds. The number of ether oxygens (including phenoxy) is 2. The highest BCUT2D eigenvalue weighted by Gasteiger charge is 2.32. The number of carbonyl (C=O) groups excluding carboxylic acids is 1. The molecule has 1 N–H and O–H groups in total. The summed E-state index contributed by atoms with van der Waals surface area (Å²) in [5.74, 6) is 0.451. The molecule has 0 saturated heterocycles. The summed E-state index contributed by atoms with van der Waals surface area (Å²) in [7, 11) is 0. The van der Waals surface area contributed by atoms with E-state index in [9.17, 15) is 4.79 Å². The predicted molar refractivity (Wildman–Crippen MR) is 94.7 cm³/mol. The van der Waals surface area contributed by atoms with E-state index in [4.69, 9.17) is 21.1 Å². The molecular weight excluding hydrogens is 326 g/mol. The van der Waals surface area contributed by atoms with Gasteiger partial charge in [0.15, 0.2) is 5.78 Å². The highest BCUT2D eigenvalue weighted by atomic mass is 35.5. The third kappa shape index (κ3) is 3.45. The molecule has 1 atom stereocenters. The van der Waals surface area contributed by atoms with E-state index in [1.807, 2.05) is 38.1 Å². The molecule has 0 unspecified atom stereocenters. The molecule has 2 aromatic carbocycles. The molecule has 0 aliphatic carbocycles. The van der Waals surface area contributed by atoms with Gasteiger partial charge in [0, 0.05) is 23.5 Å². The van der Waals surface area contributed by atoms with Gasteiger partial charge >= 0.3 is 0 Å². The molecule has 3 rings (SSSR count). The van der Waals surface area contributed by atoms with E-state index in [1.54, 1.807) is 24.4 Å². The Bertz CT molecular complexity index is 784. The second-order valence-electron chi connectivity index (χ2n) is 5.48. The Balaban J connectivity index is 1.92. The molecule has 24 heavy (non-hydrogen) atoms.